The molecule has 0 aliphatic rings. The lowest BCUT2D eigenvalue weighted by Crippen LogP contribution is -3.15. The molecule has 0 heterocycles. The topological polar surface area (TPSA) is 62.6 Å². The van der Waals surface area contributed by atoms with Crippen molar-refractivity contribution in [3.05, 3.63) is 65.2 Å². The maximum absolute atomic E-state index is 12.3. The number of hydrogen-bond donors (Lipinski definition) is 3. The third kappa shape index (κ3) is 6.21. The summed E-state index contributed by atoms with van der Waals surface area (Å²) in [7, 11) is 1.83. The number of benzene rings is 2. The zero-order valence-corrected chi connectivity index (χ0v) is 15.1. The highest BCUT2D eigenvalue weighted by atomic mass is 35.5. The second-order valence-corrected chi connectivity index (χ2v) is 6.44. The lowest BCUT2D eigenvalue weighted by Gasteiger charge is -2.20. The van der Waals surface area contributed by atoms with Gasteiger partial charge in [-0.3, -0.25) is 9.59 Å². The maximum Gasteiger partial charge on any atom is 0.279 e. The van der Waals surface area contributed by atoms with Crippen LogP contribution in [0.1, 0.15) is 12.5 Å². The molecule has 25 heavy (non-hydrogen) atoms. The van der Waals surface area contributed by atoms with Crippen LogP contribution >= 0.6 is 11.6 Å². The van der Waals surface area contributed by atoms with Crippen LogP contribution in [-0.4, -0.2) is 31.4 Å². The highest BCUT2D eigenvalue weighted by molar-refractivity contribution is 6.30. The van der Waals surface area contributed by atoms with E-state index in [9.17, 15) is 9.59 Å². The molecule has 0 radical (unpaired) electrons. The minimum Gasteiger partial charge on any atom is -0.347 e. The number of rotatable bonds is 7. The van der Waals surface area contributed by atoms with Crippen molar-refractivity contribution in [2.24, 2.45) is 0 Å². The standard InChI is InChI=1S/C19H22ClN3O2/c1-14(19(25)21-12-15-6-4-3-5-7-15)23(2)13-18(24)22-17-10-8-16(20)9-11-17/h3-11,14H,12-13H2,1-2H3,(H,21,25)(H,22,24)/p+1/t14-/m1/s1. The van der Waals surface area contributed by atoms with E-state index in [2.05, 4.69) is 10.6 Å². The molecule has 2 aromatic carbocycles. The van der Waals surface area contributed by atoms with Crippen LogP contribution in [0.15, 0.2) is 54.6 Å². The van der Waals surface area contributed by atoms with Crippen molar-refractivity contribution < 1.29 is 14.5 Å². The molecular weight excluding hydrogens is 338 g/mol. The number of anilines is 1. The summed E-state index contributed by atoms with van der Waals surface area (Å²) >= 11 is 5.82. The van der Waals surface area contributed by atoms with E-state index in [1.165, 1.54) is 0 Å². The van der Waals surface area contributed by atoms with Crippen molar-refractivity contribution in [2.75, 3.05) is 18.9 Å². The van der Waals surface area contributed by atoms with Gasteiger partial charge < -0.3 is 15.5 Å². The summed E-state index contributed by atoms with van der Waals surface area (Å²) in [6.45, 7) is 2.49. The molecule has 0 aliphatic heterocycles. The third-order valence-electron chi connectivity index (χ3n) is 4.01. The Balaban J connectivity index is 1.80. The molecule has 0 spiro atoms. The number of nitrogens with one attached hydrogen (secondary N) is 3. The number of carbonyl (C=O) groups is 2. The summed E-state index contributed by atoms with van der Waals surface area (Å²) in [6.07, 6.45) is 0. The van der Waals surface area contributed by atoms with Crippen molar-refractivity contribution in [1.29, 1.82) is 0 Å². The van der Waals surface area contributed by atoms with Gasteiger partial charge in [-0.2, -0.15) is 0 Å². The molecule has 5 nitrogen and oxygen atoms in total. The Morgan fingerprint density at radius 2 is 1.72 bits per heavy atom. The van der Waals surface area contributed by atoms with Crippen LogP contribution in [-0.2, 0) is 16.1 Å². The lowest BCUT2D eigenvalue weighted by atomic mass is 10.2. The van der Waals surface area contributed by atoms with E-state index in [0.29, 0.717) is 17.3 Å². The molecule has 3 N–H and O–H groups in total. The van der Waals surface area contributed by atoms with E-state index in [1.807, 2.05) is 44.3 Å². The van der Waals surface area contributed by atoms with Gasteiger partial charge in [0.1, 0.15) is 0 Å². The summed E-state index contributed by atoms with van der Waals surface area (Å²) in [4.78, 5) is 25.2. The largest absolute Gasteiger partial charge is 0.347 e. The van der Waals surface area contributed by atoms with Gasteiger partial charge in [0, 0.05) is 17.3 Å². The number of quaternary nitrogens is 1. The second kappa shape index (κ2) is 9.20. The molecule has 132 valence electrons. The average molecular weight is 361 g/mol. The summed E-state index contributed by atoms with van der Waals surface area (Å²) in [5.74, 6) is -0.233. The quantitative estimate of drug-likeness (QED) is 0.700. The Bertz CT molecular complexity index is 704. The van der Waals surface area contributed by atoms with Crippen LogP contribution in [0, 0.1) is 0 Å². The summed E-state index contributed by atoms with van der Waals surface area (Å²) in [5, 5.41) is 6.32. The Morgan fingerprint density at radius 3 is 2.36 bits per heavy atom. The fraction of sp³-hybridized carbons (Fsp3) is 0.263. The van der Waals surface area contributed by atoms with Crippen molar-refractivity contribution in [1.82, 2.24) is 5.32 Å². The highest BCUT2D eigenvalue weighted by Gasteiger charge is 2.23. The zero-order valence-electron chi connectivity index (χ0n) is 14.4. The molecule has 0 aliphatic carbocycles. The van der Waals surface area contributed by atoms with Gasteiger partial charge >= 0.3 is 0 Å². The monoisotopic (exact) mass is 360 g/mol. The lowest BCUT2D eigenvalue weighted by molar-refractivity contribution is -0.885. The van der Waals surface area contributed by atoms with Crippen LogP contribution in [0.2, 0.25) is 5.02 Å². The Hall–Kier alpha value is -2.37. The van der Waals surface area contributed by atoms with E-state index in [-0.39, 0.29) is 24.4 Å². The number of halogens is 1. The molecule has 0 fully saturated rings. The number of carbonyl (C=O) groups excluding carboxylic acids is 2. The highest BCUT2D eigenvalue weighted by Crippen LogP contribution is 2.12. The Labute approximate surface area is 153 Å². The van der Waals surface area contributed by atoms with Crippen molar-refractivity contribution >= 4 is 29.1 Å². The fourth-order valence-corrected chi connectivity index (χ4v) is 2.43. The van der Waals surface area contributed by atoms with Crippen LogP contribution in [0.5, 0.6) is 0 Å². The van der Waals surface area contributed by atoms with Gasteiger partial charge in [0.15, 0.2) is 12.6 Å². The number of hydrogen-bond acceptors (Lipinski definition) is 2. The number of likely N-dealkylation sites (N-methyl/N-ethyl adjacent to an activating group) is 1. The van der Waals surface area contributed by atoms with Crippen molar-refractivity contribution in [3.63, 3.8) is 0 Å². The molecule has 0 aromatic heterocycles. The first-order valence-electron chi connectivity index (χ1n) is 8.15. The third-order valence-corrected chi connectivity index (χ3v) is 4.26. The van der Waals surface area contributed by atoms with Gasteiger partial charge in [0.05, 0.1) is 7.05 Å². The van der Waals surface area contributed by atoms with E-state index in [4.69, 9.17) is 11.6 Å². The summed E-state index contributed by atoms with van der Waals surface area (Å²) in [6, 6.07) is 16.3. The first kappa shape index (κ1) is 19.0. The van der Waals surface area contributed by atoms with Gasteiger partial charge in [-0.25, -0.2) is 0 Å². The van der Waals surface area contributed by atoms with Gasteiger partial charge in [0.25, 0.3) is 11.8 Å². The Kier molecular flexibility index (Phi) is 6.98. The molecule has 2 atom stereocenters. The first-order chi connectivity index (χ1) is 12.0. The number of amides is 2. The molecule has 0 saturated heterocycles. The minimum atomic E-state index is -0.334. The molecule has 0 saturated carbocycles. The molecule has 2 rings (SSSR count). The normalized spacial score (nSPS) is 12.9. The molecule has 2 amide bonds. The van der Waals surface area contributed by atoms with Gasteiger partial charge in [0.2, 0.25) is 0 Å². The fourth-order valence-electron chi connectivity index (χ4n) is 2.31. The smallest absolute Gasteiger partial charge is 0.279 e. The molecule has 6 heteroatoms. The van der Waals surface area contributed by atoms with Gasteiger partial charge in [-0.05, 0) is 36.8 Å². The van der Waals surface area contributed by atoms with E-state index < -0.39 is 0 Å². The SMILES string of the molecule is C[C@H](C(=O)NCc1ccccc1)[NH+](C)CC(=O)Nc1ccc(Cl)cc1. The van der Waals surface area contributed by atoms with E-state index in [1.54, 1.807) is 24.3 Å². The van der Waals surface area contributed by atoms with E-state index in [0.717, 1.165) is 10.5 Å². The Morgan fingerprint density at radius 1 is 1.08 bits per heavy atom. The van der Waals surface area contributed by atoms with Gasteiger partial charge in [-0.15, -0.1) is 0 Å². The van der Waals surface area contributed by atoms with Crippen LogP contribution < -0.4 is 15.5 Å². The van der Waals surface area contributed by atoms with Crippen LogP contribution in [0.3, 0.4) is 0 Å². The second-order valence-electron chi connectivity index (χ2n) is 6.00. The first-order valence-corrected chi connectivity index (χ1v) is 8.53. The predicted molar refractivity (Wildman–Crippen MR) is 99.6 cm³/mol. The summed E-state index contributed by atoms with van der Waals surface area (Å²) < 4.78 is 0. The van der Waals surface area contributed by atoms with Crippen molar-refractivity contribution in [3.8, 4) is 0 Å². The van der Waals surface area contributed by atoms with Gasteiger partial charge in [-0.1, -0.05) is 41.9 Å². The average Bonchev–Trinajstić information content (AvgIpc) is 2.61. The maximum atomic E-state index is 12.3. The predicted octanol–water partition coefficient (Wildman–Crippen LogP) is 1.50. The molecule has 2 aromatic rings. The van der Waals surface area contributed by atoms with Crippen molar-refractivity contribution in [2.45, 2.75) is 19.5 Å². The minimum absolute atomic E-state index is 0.0827. The van der Waals surface area contributed by atoms with E-state index >= 15 is 0 Å². The summed E-state index contributed by atoms with van der Waals surface area (Å²) in [5.41, 5.74) is 1.73. The molecule has 1 unspecified atom stereocenters. The van der Waals surface area contributed by atoms with Crippen LogP contribution in [0.25, 0.3) is 0 Å². The molecule has 0 bridgehead atoms. The molecular formula is C19H23ClN3O2+. The zero-order chi connectivity index (χ0) is 18.2. The van der Waals surface area contributed by atoms with Crippen LogP contribution in [0.4, 0.5) is 5.69 Å².